The minimum absolute atomic E-state index is 0.563. The summed E-state index contributed by atoms with van der Waals surface area (Å²) < 4.78 is 0. The van der Waals surface area contributed by atoms with E-state index in [1.165, 1.54) is 0 Å². The number of nitrogens with one attached hydrogen (secondary N) is 1. The van der Waals surface area contributed by atoms with E-state index in [1.807, 2.05) is 14.1 Å². The Hall–Kier alpha value is 0.394. The molecule has 0 saturated carbocycles. The SMILES string of the molecule is CNC.C[SiH2][SiH2]C. The van der Waals surface area contributed by atoms with Crippen LogP contribution in [0.1, 0.15) is 0 Å². The number of hydrogen-bond acceptors (Lipinski definition) is 1. The Kier molecular flexibility index (Phi) is 24.0. The summed E-state index contributed by atoms with van der Waals surface area (Å²) in [5.74, 6) is 0. The lowest BCUT2D eigenvalue weighted by atomic mass is 11.3. The van der Waals surface area contributed by atoms with E-state index in [-0.39, 0.29) is 0 Å². The molecule has 0 saturated heterocycles. The fraction of sp³-hybridized carbons (Fsp3) is 1.00. The van der Waals surface area contributed by atoms with Crippen molar-refractivity contribution in [2.75, 3.05) is 14.1 Å². The van der Waals surface area contributed by atoms with Crippen LogP contribution in [0.4, 0.5) is 0 Å². The first-order valence-electron chi connectivity index (χ1n) is 2.91. The molecule has 0 aliphatic rings. The molecule has 0 aliphatic carbocycles. The zero-order valence-electron chi connectivity index (χ0n) is 5.91. The fourth-order valence-corrected chi connectivity index (χ4v) is 0. The number of hydrogen-bond donors (Lipinski definition) is 1. The van der Waals surface area contributed by atoms with Gasteiger partial charge in [0.2, 0.25) is 0 Å². The molecule has 0 atom stereocenters. The largest absolute Gasteiger partial charge is 0.323 e. The normalized spacial score (nSPS) is 10.3. The Morgan fingerprint density at radius 1 is 1.00 bits per heavy atom. The van der Waals surface area contributed by atoms with Crippen molar-refractivity contribution >= 4 is 18.1 Å². The molecule has 0 fully saturated rings. The van der Waals surface area contributed by atoms with Crippen LogP contribution >= 0.6 is 0 Å². The van der Waals surface area contributed by atoms with Crippen LogP contribution in [-0.4, -0.2) is 32.2 Å². The molecule has 3 heteroatoms. The second kappa shape index (κ2) is 16.2. The van der Waals surface area contributed by atoms with Gasteiger partial charge in [0.25, 0.3) is 0 Å². The quantitative estimate of drug-likeness (QED) is 0.463. The zero-order chi connectivity index (χ0) is 6.12. The van der Waals surface area contributed by atoms with Gasteiger partial charge in [-0.05, 0) is 14.1 Å². The summed E-state index contributed by atoms with van der Waals surface area (Å²) in [6, 6.07) is 0. The van der Waals surface area contributed by atoms with Crippen molar-refractivity contribution in [2.45, 2.75) is 13.1 Å². The van der Waals surface area contributed by atoms with E-state index in [9.17, 15) is 0 Å². The molecular weight excluding hydrogens is 118 g/mol. The summed E-state index contributed by atoms with van der Waals surface area (Å²) in [7, 11) is 4.88. The number of rotatable bonds is 1. The van der Waals surface area contributed by atoms with Crippen molar-refractivity contribution in [2.24, 2.45) is 0 Å². The molecule has 7 heavy (non-hydrogen) atoms. The average Bonchev–Trinajstić information content (AvgIpc) is 1.69. The van der Waals surface area contributed by atoms with E-state index in [2.05, 4.69) is 18.4 Å². The van der Waals surface area contributed by atoms with Gasteiger partial charge in [-0.3, -0.25) is 0 Å². The van der Waals surface area contributed by atoms with Crippen molar-refractivity contribution < 1.29 is 0 Å². The summed E-state index contributed by atoms with van der Waals surface area (Å²) in [5.41, 5.74) is 0. The molecule has 0 aromatic heterocycles. The topological polar surface area (TPSA) is 12.0 Å². The third kappa shape index (κ3) is 63.5. The van der Waals surface area contributed by atoms with E-state index >= 15 is 0 Å². The lowest BCUT2D eigenvalue weighted by Crippen LogP contribution is -1.89. The van der Waals surface area contributed by atoms with Gasteiger partial charge >= 0.3 is 0 Å². The molecule has 1 N–H and O–H groups in total. The molecular formula is C4H17NSi2. The van der Waals surface area contributed by atoms with E-state index < -0.39 is 0 Å². The van der Waals surface area contributed by atoms with Crippen LogP contribution in [-0.2, 0) is 0 Å². The van der Waals surface area contributed by atoms with Crippen molar-refractivity contribution in [3.63, 3.8) is 0 Å². The second-order valence-corrected chi connectivity index (χ2v) is 9.50. The molecule has 0 radical (unpaired) electrons. The van der Waals surface area contributed by atoms with Gasteiger partial charge in [-0.1, -0.05) is 13.1 Å². The molecule has 0 heterocycles. The molecule has 1 nitrogen and oxygen atoms in total. The highest BCUT2D eigenvalue weighted by Crippen LogP contribution is 1.44. The van der Waals surface area contributed by atoms with Gasteiger partial charge in [-0.25, -0.2) is 0 Å². The van der Waals surface area contributed by atoms with Gasteiger partial charge in [0.1, 0.15) is 0 Å². The van der Waals surface area contributed by atoms with Crippen molar-refractivity contribution in [1.29, 1.82) is 0 Å². The molecule has 46 valence electrons. The first-order chi connectivity index (χ1) is 3.33. The molecule has 0 amide bonds. The van der Waals surface area contributed by atoms with Crippen LogP contribution in [0.3, 0.4) is 0 Å². The lowest BCUT2D eigenvalue weighted by Gasteiger charge is -1.64. The predicted molar refractivity (Wildman–Crippen MR) is 43.8 cm³/mol. The first-order valence-corrected chi connectivity index (χ1v) is 9.74. The summed E-state index contributed by atoms with van der Waals surface area (Å²) >= 11 is 0. The predicted octanol–water partition coefficient (Wildman–Crippen LogP) is -0.829. The van der Waals surface area contributed by atoms with Crippen molar-refractivity contribution in [1.82, 2.24) is 5.32 Å². The Balaban J connectivity index is 0. The van der Waals surface area contributed by atoms with E-state index in [4.69, 9.17) is 0 Å². The molecule has 0 rings (SSSR count). The maximum Gasteiger partial charge on any atom is 0.00452 e. The second-order valence-electron chi connectivity index (χ2n) is 1.50. The van der Waals surface area contributed by atoms with Crippen molar-refractivity contribution in [3.8, 4) is 0 Å². The molecule has 0 unspecified atom stereocenters. The maximum absolute atomic E-state index is 2.75. The molecule has 0 aromatic rings. The zero-order valence-corrected chi connectivity index (χ0v) is 8.74. The summed E-state index contributed by atoms with van der Waals surface area (Å²) in [6.45, 7) is 4.76. The van der Waals surface area contributed by atoms with Crippen molar-refractivity contribution in [3.05, 3.63) is 0 Å². The van der Waals surface area contributed by atoms with Gasteiger partial charge in [-0.15, -0.1) is 0 Å². The molecule has 0 aromatic carbocycles. The minimum atomic E-state index is 0.563. The van der Waals surface area contributed by atoms with Gasteiger partial charge in [0, 0.05) is 18.1 Å². The van der Waals surface area contributed by atoms with E-state index in [1.54, 1.807) is 0 Å². The van der Waals surface area contributed by atoms with E-state index in [0.717, 1.165) is 0 Å². The average molecular weight is 135 g/mol. The summed E-state index contributed by atoms with van der Waals surface area (Å²) in [4.78, 5) is 0. The highest BCUT2D eigenvalue weighted by molar-refractivity contribution is 6.99. The van der Waals surface area contributed by atoms with Crippen LogP contribution in [0, 0.1) is 0 Å². The first kappa shape index (κ1) is 10.4. The molecule has 0 spiro atoms. The van der Waals surface area contributed by atoms with Gasteiger partial charge < -0.3 is 5.32 Å². The van der Waals surface area contributed by atoms with Crippen LogP contribution in [0.25, 0.3) is 0 Å². The Labute approximate surface area is 51.3 Å². The Morgan fingerprint density at radius 2 is 1.14 bits per heavy atom. The third-order valence-electron chi connectivity index (χ3n) is 0.500. The van der Waals surface area contributed by atoms with Crippen LogP contribution < -0.4 is 5.32 Å². The summed E-state index contributed by atoms with van der Waals surface area (Å²) in [5, 5.41) is 2.75. The lowest BCUT2D eigenvalue weighted by molar-refractivity contribution is 1.02. The van der Waals surface area contributed by atoms with Gasteiger partial charge in [0.05, 0.1) is 0 Å². The molecule has 0 bridgehead atoms. The van der Waals surface area contributed by atoms with Crippen LogP contribution in [0.2, 0.25) is 13.1 Å². The van der Waals surface area contributed by atoms with Gasteiger partial charge in [0.15, 0.2) is 0 Å². The highest BCUT2D eigenvalue weighted by Gasteiger charge is 1.60. The molecule has 0 aliphatic heterocycles. The minimum Gasteiger partial charge on any atom is -0.323 e. The third-order valence-corrected chi connectivity index (χ3v) is 4.50. The standard InChI is InChI=1S/C2H7N.C2H10Si2/c1-3-2;1-3-4-2/h3H,1-2H3;3-4H2,1-2H3. The van der Waals surface area contributed by atoms with Crippen LogP contribution in [0.5, 0.6) is 0 Å². The van der Waals surface area contributed by atoms with Gasteiger partial charge in [-0.2, -0.15) is 0 Å². The Bertz CT molecular complexity index is 17.2. The smallest absolute Gasteiger partial charge is 0.00452 e. The van der Waals surface area contributed by atoms with Crippen LogP contribution in [0.15, 0.2) is 0 Å². The Morgan fingerprint density at radius 3 is 1.14 bits per heavy atom. The summed E-state index contributed by atoms with van der Waals surface area (Å²) in [6.07, 6.45) is 0. The van der Waals surface area contributed by atoms with E-state index in [0.29, 0.717) is 18.1 Å². The maximum atomic E-state index is 2.75. The highest BCUT2D eigenvalue weighted by atomic mass is 29.1. The monoisotopic (exact) mass is 135 g/mol. The fourth-order valence-electron chi connectivity index (χ4n) is 0.